The summed E-state index contributed by atoms with van der Waals surface area (Å²) >= 11 is 0. The number of ether oxygens (including phenoxy) is 1. The van der Waals surface area contributed by atoms with Gasteiger partial charge in [0.15, 0.2) is 0 Å². The van der Waals surface area contributed by atoms with Crippen LogP contribution < -0.4 is 5.32 Å². The molecule has 0 saturated carbocycles. The molecule has 0 aliphatic carbocycles. The molecule has 1 fully saturated rings. The van der Waals surface area contributed by atoms with Gasteiger partial charge >= 0.3 is 0 Å². The number of nitrogens with zero attached hydrogens (tertiary/aromatic N) is 1. The second kappa shape index (κ2) is 7.58. The number of halogens is 1. The van der Waals surface area contributed by atoms with E-state index in [4.69, 9.17) is 4.74 Å². The molecule has 19 heavy (non-hydrogen) atoms. The van der Waals surface area contributed by atoms with Gasteiger partial charge in [-0.15, -0.1) is 0 Å². The maximum absolute atomic E-state index is 13.2. The smallest absolute Gasteiger partial charge is 0.123 e. The van der Waals surface area contributed by atoms with E-state index in [9.17, 15) is 4.39 Å². The van der Waals surface area contributed by atoms with Crippen molar-refractivity contribution in [2.24, 2.45) is 0 Å². The van der Waals surface area contributed by atoms with Crippen LogP contribution in [0.25, 0.3) is 0 Å². The third kappa shape index (κ3) is 4.56. The molecule has 1 heterocycles. The summed E-state index contributed by atoms with van der Waals surface area (Å²) in [4.78, 5) is 2.44. The molecule has 2 rings (SSSR count). The summed E-state index contributed by atoms with van der Waals surface area (Å²) in [6.07, 6.45) is 2.45. The number of likely N-dealkylation sites (tertiary alicyclic amines) is 1. The van der Waals surface area contributed by atoms with Gasteiger partial charge in [0.2, 0.25) is 0 Å². The molecule has 0 radical (unpaired) electrons. The molecule has 106 valence electrons. The monoisotopic (exact) mass is 266 g/mol. The number of hydrogen-bond acceptors (Lipinski definition) is 3. The Morgan fingerprint density at radius 1 is 1.47 bits per heavy atom. The summed E-state index contributed by atoms with van der Waals surface area (Å²) < 4.78 is 18.2. The van der Waals surface area contributed by atoms with Crippen molar-refractivity contribution in [2.75, 3.05) is 33.4 Å². The van der Waals surface area contributed by atoms with Crippen molar-refractivity contribution in [1.82, 2.24) is 10.2 Å². The van der Waals surface area contributed by atoms with Crippen LogP contribution in [-0.2, 0) is 11.3 Å². The van der Waals surface area contributed by atoms with Crippen LogP contribution in [0, 0.1) is 5.82 Å². The van der Waals surface area contributed by atoms with Crippen molar-refractivity contribution in [2.45, 2.75) is 25.4 Å². The lowest BCUT2D eigenvalue weighted by molar-refractivity contribution is 0.191. The van der Waals surface area contributed by atoms with Gasteiger partial charge in [0.25, 0.3) is 0 Å². The molecule has 1 aliphatic heterocycles. The predicted octanol–water partition coefficient (Wildman–Crippen LogP) is 2.03. The molecule has 0 bridgehead atoms. The Kier molecular flexibility index (Phi) is 5.76. The lowest BCUT2D eigenvalue weighted by Gasteiger charge is -2.24. The SMILES string of the molecule is COCCNCC1CCCN1Cc1cccc(F)c1. The maximum atomic E-state index is 13.2. The van der Waals surface area contributed by atoms with E-state index in [-0.39, 0.29) is 5.82 Å². The van der Waals surface area contributed by atoms with Crippen LogP contribution >= 0.6 is 0 Å². The van der Waals surface area contributed by atoms with Gasteiger partial charge in [-0.1, -0.05) is 12.1 Å². The second-order valence-electron chi connectivity index (χ2n) is 5.09. The molecule has 1 aromatic rings. The molecule has 3 nitrogen and oxygen atoms in total. The van der Waals surface area contributed by atoms with E-state index in [1.165, 1.54) is 18.9 Å². The van der Waals surface area contributed by atoms with Crippen molar-refractivity contribution in [3.05, 3.63) is 35.6 Å². The van der Waals surface area contributed by atoms with E-state index >= 15 is 0 Å². The average molecular weight is 266 g/mol. The van der Waals surface area contributed by atoms with E-state index in [2.05, 4.69) is 10.2 Å². The van der Waals surface area contributed by atoms with Gasteiger partial charge in [0.05, 0.1) is 6.61 Å². The molecule has 1 aliphatic rings. The molecule has 1 saturated heterocycles. The Balaban J connectivity index is 1.81. The van der Waals surface area contributed by atoms with Crippen LogP contribution in [-0.4, -0.2) is 44.3 Å². The lowest BCUT2D eigenvalue weighted by Crippen LogP contribution is -2.38. The minimum atomic E-state index is -0.147. The fourth-order valence-corrected chi connectivity index (χ4v) is 2.65. The van der Waals surface area contributed by atoms with Crippen molar-refractivity contribution in [3.8, 4) is 0 Å². The fraction of sp³-hybridized carbons (Fsp3) is 0.600. The highest BCUT2D eigenvalue weighted by molar-refractivity contribution is 5.16. The molecular weight excluding hydrogens is 243 g/mol. The minimum absolute atomic E-state index is 0.147. The Morgan fingerprint density at radius 3 is 3.16 bits per heavy atom. The van der Waals surface area contributed by atoms with E-state index in [0.29, 0.717) is 6.04 Å². The Morgan fingerprint density at radius 2 is 2.37 bits per heavy atom. The largest absolute Gasteiger partial charge is 0.383 e. The highest BCUT2D eigenvalue weighted by Gasteiger charge is 2.23. The van der Waals surface area contributed by atoms with Crippen LogP contribution in [0.2, 0.25) is 0 Å². The number of rotatable bonds is 7. The van der Waals surface area contributed by atoms with Crippen LogP contribution in [0.4, 0.5) is 4.39 Å². The Hall–Kier alpha value is -0.970. The van der Waals surface area contributed by atoms with Gasteiger partial charge in [0, 0.05) is 32.8 Å². The highest BCUT2D eigenvalue weighted by Crippen LogP contribution is 2.19. The summed E-state index contributed by atoms with van der Waals surface area (Å²) in [6.45, 7) is 4.57. The van der Waals surface area contributed by atoms with Crippen molar-refractivity contribution < 1.29 is 9.13 Å². The predicted molar refractivity (Wildman–Crippen MR) is 74.6 cm³/mol. The molecule has 1 unspecified atom stereocenters. The van der Waals surface area contributed by atoms with Gasteiger partial charge in [-0.25, -0.2) is 4.39 Å². The quantitative estimate of drug-likeness (QED) is 0.764. The van der Waals surface area contributed by atoms with E-state index in [1.54, 1.807) is 19.2 Å². The van der Waals surface area contributed by atoms with E-state index in [1.807, 2.05) is 6.07 Å². The molecule has 4 heteroatoms. The summed E-state index contributed by atoms with van der Waals surface area (Å²) in [7, 11) is 1.72. The fourth-order valence-electron chi connectivity index (χ4n) is 2.65. The third-order valence-corrected chi connectivity index (χ3v) is 3.64. The lowest BCUT2D eigenvalue weighted by atomic mass is 10.1. The van der Waals surface area contributed by atoms with Gasteiger partial charge < -0.3 is 10.1 Å². The summed E-state index contributed by atoms with van der Waals surface area (Å²) in [5, 5.41) is 3.41. The number of nitrogens with one attached hydrogen (secondary N) is 1. The molecule has 1 N–H and O–H groups in total. The maximum Gasteiger partial charge on any atom is 0.123 e. The van der Waals surface area contributed by atoms with Crippen molar-refractivity contribution in [3.63, 3.8) is 0 Å². The van der Waals surface area contributed by atoms with E-state index < -0.39 is 0 Å². The summed E-state index contributed by atoms with van der Waals surface area (Å²) in [5.41, 5.74) is 1.06. The first kappa shape index (κ1) is 14.4. The average Bonchev–Trinajstić information content (AvgIpc) is 2.82. The number of hydrogen-bond donors (Lipinski definition) is 1. The first-order valence-corrected chi connectivity index (χ1v) is 6.98. The molecule has 0 aromatic heterocycles. The van der Waals surface area contributed by atoms with E-state index in [0.717, 1.165) is 38.3 Å². The molecule has 0 amide bonds. The van der Waals surface area contributed by atoms with Crippen LogP contribution in [0.3, 0.4) is 0 Å². The Bertz CT molecular complexity index is 386. The zero-order chi connectivity index (χ0) is 13.5. The highest BCUT2D eigenvalue weighted by atomic mass is 19.1. The zero-order valence-electron chi connectivity index (χ0n) is 11.6. The van der Waals surface area contributed by atoms with Gasteiger partial charge in [0.1, 0.15) is 5.82 Å². The Labute approximate surface area is 114 Å². The number of benzene rings is 1. The van der Waals surface area contributed by atoms with Crippen LogP contribution in [0.15, 0.2) is 24.3 Å². The summed E-state index contributed by atoms with van der Waals surface area (Å²) in [5.74, 6) is -0.147. The van der Waals surface area contributed by atoms with Gasteiger partial charge in [-0.2, -0.15) is 0 Å². The van der Waals surface area contributed by atoms with Gasteiger partial charge in [-0.05, 0) is 37.1 Å². The first-order valence-electron chi connectivity index (χ1n) is 6.98. The standard InChI is InChI=1S/C15H23FN2O/c1-19-9-7-17-11-15-6-3-8-18(15)12-13-4-2-5-14(16)10-13/h2,4-5,10,15,17H,3,6-9,11-12H2,1H3. The van der Waals surface area contributed by atoms with Crippen molar-refractivity contribution in [1.29, 1.82) is 0 Å². The first-order chi connectivity index (χ1) is 9.29. The topological polar surface area (TPSA) is 24.5 Å². The molecule has 1 aromatic carbocycles. The molecular formula is C15H23FN2O. The third-order valence-electron chi connectivity index (χ3n) is 3.64. The van der Waals surface area contributed by atoms with Gasteiger partial charge in [-0.3, -0.25) is 4.90 Å². The second-order valence-corrected chi connectivity index (χ2v) is 5.09. The molecule has 1 atom stereocenters. The zero-order valence-corrected chi connectivity index (χ0v) is 11.6. The summed E-state index contributed by atoms with van der Waals surface area (Å²) in [6, 6.07) is 7.47. The minimum Gasteiger partial charge on any atom is -0.383 e. The van der Waals surface area contributed by atoms with Crippen LogP contribution in [0.1, 0.15) is 18.4 Å². The number of methoxy groups -OCH3 is 1. The van der Waals surface area contributed by atoms with Crippen molar-refractivity contribution >= 4 is 0 Å². The van der Waals surface area contributed by atoms with Crippen LogP contribution in [0.5, 0.6) is 0 Å². The normalized spacial score (nSPS) is 20.0. The molecule has 0 spiro atoms.